The SMILES string of the molecule is NC(=O)CNN(C=S)C(NC(=O)C=Cc1ccccc1)C(Cl)(Cl)Cl. The molecule has 0 aliphatic heterocycles. The van der Waals surface area contributed by atoms with Gasteiger partial charge in [-0.15, -0.1) is 0 Å². The third-order valence-corrected chi connectivity index (χ3v) is 3.49. The number of thiocarbonyl (C=S) groups is 1. The largest absolute Gasteiger partial charge is 0.369 e. The van der Waals surface area contributed by atoms with Crippen LogP contribution in [0.2, 0.25) is 0 Å². The molecule has 6 nitrogen and oxygen atoms in total. The standard InChI is InChI=1S/C14H15Cl3N4O2S/c15-14(16,17)13(21(9-24)19-8-11(18)22)20-12(23)7-6-10-4-2-1-3-5-10/h1-7,9,13,19H,8H2,(H2,18,22)(H,20,23). The van der Waals surface area contributed by atoms with E-state index in [2.05, 4.69) is 10.7 Å². The summed E-state index contributed by atoms with van der Waals surface area (Å²) in [5.41, 5.74) is 9.53. The first-order valence-electron chi connectivity index (χ1n) is 6.60. The van der Waals surface area contributed by atoms with Crippen LogP contribution in [-0.4, -0.2) is 38.8 Å². The van der Waals surface area contributed by atoms with Gasteiger partial charge < -0.3 is 11.1 Å². The van der Waals surface area contributed by atoms with Gasteiger partial charge in [-0.3, -0.25) is 14.6 Å². The number of nitrogens with two attached hydrogens (primary N) is 1. The molecule has 10 heteroatoms. The van der Waals surface area contributed by atoms with Crippen LogP contribution in [0.1, 0.15) is 5.56 Å². The maximum absolute atomic E-state index is 12.1. The topological polar surface area (TPSA) is 87.5 Å². The fourth-order valence-electron chi connectivity index (χ4n) is 1.59. The van der Waals surface area contributed by atoms with Crippen molar-refractivity contribution < 1.29 is 9.59 Å². The lowest BCUT2D eigenvalue weighted by molar-refractivity contribution is -0.118. The minimum Gasteiger partial charge on any atom is -0.369 e. The maximum Gasteiger partial charge on any atom is 0.245 e. The summed E-state index contributed by atoms with van der Waals surface area (Å²) in [6.07, 6.45) is 1.73. The lowest BCUT2D eigenvalue weighted by Crippen LogP contribution is -2.60. The average Bonchev–Trinajstić information content (AvgIpc) is 2.52. The third kappa shape index (κ3) is 7.46. The van der Waals surface area contributed by atoms with Gasteiger partial charge in [-0.05, 0) is 11.6 Å². The molecule has 0 aliphatic carbocycles. The number of nitrogens with one attached hydrogen (secondary N) is 2. The van der Waals surface area contributed by atoms with Crippen molar-refractivity contribution in [2.75, 3.05) is 6.54 Å². The van der Waals surface area contributed by atoms with Crippen molar-refractivity contribution in [3.05, 3.63) is 42.0 Å². The molecule has 0 saturated carbocycles. The summed E-state index contributed by atoms with van der Waals surface area (Å²) in [6.45, 7) is -0.250. The molecule has 0 fully saturated rings. The Morgan fingerprint density at radius 1 is 1.29 bits per heavy atom. The summed E-state index contributed by atoms with van der Waals surface area (Å²) in [5.74, 6) is -1.16. The lowest BCUT2D eigenvalue weighted by atomic mass is 10.2. The Hall–Kier alpha value is -1.38. The van der Waals surface area contributed by atoms with Crippen LogP contribution in [0.25, 0.3) is 6.08 Å². The first-order chi connectivity index (χ1) is 11.2. The van der Waals surface area contributed by atoms with Crippen molar-refractivity contribution in [2.24, 2.45) is 5.73 Å². The highest BCUT2D eigenvalue weighted by Gasteiger charge is 2.37. The van der Waals surface area contributed by atoms with Gasteiger partial charge in [0, 0.05) is 6.08 Å². The molecule has 0 spiro atoms. The summed E-state index contributed by atoms with van der Waals surface area (Å²) >= 11 is 22.4. The number of alkyl halides is 3. The van der Waals surface area contributed by atoms with Gasteiger partial charge in [-0.25, -0.2) is 5.43 Å². The van der Waals surface area contributed by atoms with E-state index in [9.17, 15) is 9.59 Å². The van der Waals surface area contributed by atoms with Crippen molar-refractivity contribution in [2.45, 2.75) is 9.96 Å². The van der Waals surface area contributed by atoms with Crippen LogP contribution in [0.15, 0.2) is 36.4 Å². The Labute approximate surface area is 159 Å². The van der Waals surface area contributed by atoms with E-state index in [1.807, 2.05) is 30.3 Å². The van der Waals surface area contributed by atoms with E-state index in [4.69, 9.17) is 52.8 Å². The van der Waals surface area contributed by atoms with Crippen LogP contribution in [-0.2, 0) is 9.59 Å². The van der Waals surface area contributed by atoms with E-state index in [1.54, 1.807) is 6.08 Å². The number of rotatable bonds is 8. The third-order valence-electron chi connectivity index (χ3n) is 2.64. The molecule has 1 atom stereocenters. The molecule has 0 aromatic heterocycles. The monoisotopic (exact) mass is 408 g/mol. The second kappa shape index (κ2) is 9.80. The Morgan fingerprint density at radius 3 is 2.42 bits per heavy atom. The van der Waals surface area contributed by atoms with Gasteiger partial charge in [-0.1, -0.05) is 77.4 Å². The number of hydrazine groups is 1. The minimum atomic E-state index is -1.92. The summed E-state index contributed by atoms with van der Waals surface area (Å²) < 4.78 is -1.92. The zero-order chi connectivity index (χ0) is 18.2. The smallest absolute Gasteiger partial charge is 0.245 e. The fourth-order valence-corrected chi connectivity index (χ4v) is 2.26. The molecule has 1 rings (SSSR count). The highest BCUT2D eigenvalue weighted by molar-refractivity contribution is 7.78. The molecule has 0 heterocycles. The second-order valence-electron chi connectivity index (χ2n) is 4.51. The van der Waals surface area contributed by atoms with Crippen molar-refractivity contribution in [1.29, 1.82) is 0 Å². The Balaban J connectivity index is 2.81. The summed E-state index contributed by atoms with van der Waals surface area (Å²) in [4.78, 5) is 22.9. The molecule has 0 aliphatic rings. The summed E-state index contributed by atoms with van der Waals surface area (Å²) in [5, 5.41) is 3.61. The first-order valence-corrected chi connectivity index (χ1v) is 8.20. The molecule has 1 unspecified atom stereocenters. The van der Waals surface area contributed by atoms with Gasteiger partial charge in [0.2, 0.25) is 15.6 Å². The molecule has 130 valence electrons. The number of amides is 2. The molecule has 1 aromatic rings. The average molecular weight is 410 g/mol. The molecule has 24 heavy (non-hydrogen) atoms. The number of primary amides is 1. The number of hydrogen-bond donors (Lipinski definition) is 3. The predicted octanol–water partition coefficient (Wildman–Crippen LogP) is 1.76. The van der Waals surface area contributed by atoms with Gasteiger partial charge in [0.05, 0.1) is 12.0 Å². The van der Waals surface area contributed by atoms with Crippen LogP contribution in [0.5, 0.6) is 0 Å². The van der Waals surface area contributed by atoms with Crippen LogP contribution >= 0.6 is 47.0 Å². The fraction of sp³-hybridized carbons (Fsp3) is 0.214. The molecule has 0 bridgehead atoms. The normalized spacial score (nSPS) is 12.6. The van der Waals surface area contributed by atoms with Crippen LogP contribution < -0.4 is 16.5 Å². The summed E-state index contributed by atoms with van der Waals surface area (Å²) in [7, 11) is 0. The van der Waals surface area contributed by atoms with Gasteiger partial charge >= 0.3 is 0 Å². The number of carbonyl (C=O) groups excluding carboxylic acids is 2. The minimum absolute atomic E-state index is 0.250. The van der Waals surface area contributed by atoms with Gasteiger partial charge in [0.15, 0.2) is 6.17 Å². The molecule has 1 aromatic carbocycles. The van der Waals surface area contributed by atoms with E-state index in [0.717, 1.165) is 16.1 Å². The summed E-state index contributed by atoms with van der Waals surface area (Å²) in [6, 6.07) is 9.19. The van der Waals surface area contributed by atoms with Gasteiger partial charge in [0.25, 0.3) is 0 Å². The van der Waals surface area contributed by atoms with E-state index in [1.165, 1.54) is 6.08 Å². The van der Waals surface area contributed by atoms with E-state index in [-0.39, 0.29) is 6.54 Å². The Kier molecular flexibility index (Phi) is 8.44. The number of halogens is 3. The highest BCUT2D eigenvalue weighted by atomic mass is 35.6. The van der Waals surface area contributed by atoms with E-state index < -0.39 is 21.8 Å². The van der Waals surface area contributed by atoms with Crippen LogP contribution in [0.3, 0.4) is 0 Å². The van der Waals surface area contributed by atoms with E-state index in [0.29, 0.717) is 0 Å². The van der Waals surface area contributed by atoms with E-state index >= 15 is 0 Å². The molecule has 4 N–H and O–H groups in total. The Morgan fingerprint density at radius 2 is 1.92 bits per heavy atom. The highest BCUT2D eigenvalue weighted by Crippen LogP contribution is 2.31. The van der Waals surface area contributed by atoms with Crippen molar-refractivity contribution in [3.8, 4) is 0 Å². The zero-order valence-corrected chi connectivity index (χ0v) is 15.4. The maximum atomic E-state index is 12.1. The first kappa shape index (κ1) is 20.7. The van der Waals surface area contributed by atoms with Crippen LogP contribution in [0, 0.1) is 0 Å². The quantitative estimate of drug-likeness (QED) is 0.200. The zero-order valence-electron chi connectivity index (χ0n) is 12.3. The second-order valence-corrected chi connectivity index (χ2v) is 7.09. The predicted molar refractivity (Wildman–Crippen MR) is 100 cm³/mol. The Bertz CT molecular complexity index is 608. The van der Waals surface area contributed by atoms with Crippen molar-refractivity contribution >= 4 is 70.4 Å². The number of nitrogens with zero attached hydrogens (tertiary/aromatic N) is 1. The van der Waals surface area contributed by atoms with Gasteiger partial charge in [-0.2, -0.15) is 0 Å². The number of benzene rings is 1. The molecule has 0 radical (unpaired) electrons. The van der Waals surface area contributed by atoms with Crippen molar-refractivity contribution in [1.82, 2.24) is 15.8 Å². The van der Waals surface area contributed by atoms with Gasteiger partial charge in [0.1, 0.15) is 0 Å². The molecule has 2 amide bonds. The molecule has 0 saturated heterocycles. The number of hydrogen-bond acceptors (Lipinski definition) is 4. The molecular formula is C14H15Cl3N4O2S. The molecular weight excluding hydrogens is 395 g/mol. The number of carbonyl (C=O) groups is 2. The van der Waals surface area contributed by atoms with Crippen LogP contribution in [0.4, 0.5) is 0 Å². The lowest BCUT2D eigenvalue weighted by Gasteiger charge is -2.34. The van der Waals surface area contributed by atoms with Crippen molar-refractivity contribution in [3.63, 3.8) is 0 Å².